The summed E-state index contributed by atoms with van der Waals surface area (Å²) < 4.78 is 16.2. The standard InChI is InChI=1S/C21H28N2O5/c1-26-18-9-14-3-6-22(12-15(14)10-19(18)27-2)21(25)16-11-20(24)23(13-16)17-4-7-28-8-5-17/h9-10,16-17H,3-8,11-13H2,1-2H3. The molecule has 3 heterocycles. The molecule has 2 saturated heterocycles. The van der Waals surface area contributed by atoms with Crippen LogP contribution in [0, 0.1) is 5.92 Å². The van der Waals surface area contributed by atoms with Crippen LogP contribution in [-0.2, 0) is 27.3 Å². The Morgan fingerprint density at radius 3 is 2.46 bits per heavy atom. The Labute approximate surface area is 165 Å². The van der Waals surface area contributed by atoms with Crippen molar-refractivity contribution < 1.29 is 23.8 Å². The van der Waals surface area contributed by atoms with Gasteiger partial charge < -0.3 is 24.0 Å². The zero-order valence-electron chi connectivity index (χ0n) is 16.6. The molecule has 1 atom stereocenters. The molecule has 3 aliphatic heterocycles. The lowest BCUT2D eigenvalue weighted by molar-refractivity contribution is -0.136. The number of benzene rings is 1. The summed E-state index contributed by atoms with van der Waals surface area (Å²) in [6.45, 7) is 3.15. The first-order chi connectivity index (χ1) is 13.6. The largest absolute Gasteiger partial charge is 0.493 e. The fourth-order valence-electron chi connectivity index (χ4n) is 4.58. The molecular formula is C21H28N2O5. The van der Waals surface area contributed by atoms with E-state index in [0.717, 1.165) is 30.6 Å². The minimum absolute atomic E-state index is 0.0864. The Morgan fingerprint density at radius 2 is 1.79 bits per heavy atom. The molecule has 152 valence electrons. The van der Waals surface area contributed by atoms with Crippen LogP contribution in [0.15, 0.2) is 12.1 Å². The topological polar surface area (TPSA) is 68.3 Å². The number of ether oxygens (including phenoxy) is 3. The van der Waals surface area contributed by atoms with Crippen LogP contribution < -0.4 is 9.47 Å². The van der Waals surface area contributed by atoms with Crippen molar-refractivity contribution in [1.82, 2.24) is 9.80 Å². The highest BCUT2D eigenvalue weighted by Crippen LogP contribution is 2.34. The lowest BCUT2D eigenvalue weighted by Crippen LogP contribution is -2.43. The minimum Gasteiger partial charge on any atom is -0.493 e. The van der Waals surface area contributed by atoms with Gasteiger partial charge in [-0.2, -0.15) is 0 Å². The first kappa shape index (κ1) is 19.1. The van der Waals surface area contributed by atoms with Crippen molar-refractivity contribution in [1.29, 1.82) is 0 Å². The average Bonchev–Trinajstić information content (AvgIpc) is 3.13. The lowest BCUT2D eigenvalue weighted by Gasteiger charge is -2.33. The van der Waals surface area contributed by atoms with Gasteiger partial charge in [-0.1, -0.05) is 0 Å². The summed E-state index contributed by atoms with van der Waals surface area (Å²) in [4.78, 5) is 29.4. The van der Waals surface area contributed by atoms with Gasteiger partial charge in [-0.05, 0) is 42.5 Å². The van der Waals surface area contributed by atoms with Gasteiger partial charge in [0.2, 0.25) is 11.8 Å². The molecule has 1 unspecified atom stereocenters. The van der Waals surface area contributed by atoms with E-state index in [1.165, 1.54) is 5.56 Å². The van der Waals surface area contributed by atoms with Crippen molar-refractivity contribution in [3.05, 3.63) is 23.3 Å². The first-order valence-electron chi connectivity index (χ1n) is 10.0. The number of hydrogen-bond acceptors (Lipinski definition) is 5. The van der Waals surface area contributed by atoms with Crippen LogP contribution in [0.5, 0.6) is 11.5 Å². The summed E-state index contributed by atoms with van der Waals surface area (Å²) >= 11 is 0. The van der Waals surface area contributed by atoms with E-state index in [-0.39, 0.29) is 23.8 Å². The number of fused-ring (bicyclic) bond motifs is 1. The Kier molecular flexibility index (Phi) is 5.44. The molecule has 1 aromatic rings. The molecule has 0 radical (unpaired) electrons. The molecule has 0 aromatic heterocycles. The fraction of sp³-hybridized carbons (Fsp3) is 0.619. The summed E-state index contributed by atoms with van der Waals surface area (Å²) in [5.74, 6) is 1.35. The zero-order chi connectivity index (χ0) is 19.7. The van der Waals surface area contributed by atoms with Crippen LogP contribution in [0.25, 0.3) is 0 Å². The quantitative estimate of drug-likeness (QED) is 0.784. The average molecular weight is 388 g/mol. The van der Waals surface area contributed by atoms with Crippen LogP contribution >= 0.6 is 0 Å². The van der Waals surface area contributed by atoms with E-state index in [1.54, 1.807) is 14.2 Å². The second kappa shape index (κ2) is 7.99. The smallest absolute Gasteiger partial charge is 0.228 e. The highest BCUT2D eigenvalue weighted by Gasteiger charge is 2.40. The lowest BCUT2D eigenvalue weighted by atomic mass is 9.97. The molecule has 0 saturated carbocycles. The molecule has 7 heteroatoms. The minimum atomic E-state index is -0.239. The molecule has 2 amide bonds. The Hall–Kier alpha value is -2.28. The number of methoxy groups -OCH3 is 2. The van der Waals surface area contributed by atoms with Gasteiger partial charge in [0.25, 0.3) is 0 Å². The van der Waals surface area contributed by atoms with Crippen LogP contribution in [0.4, 0.5) is 0 Å². The van der Waals surface area contributed by atoms with Gasteiger partial charge >= 0.3 is 0 Å². The van der Waals surface area contributed by atoms with Crippen molar-refractivity contribution in [2.75, 3.05) is 40.5 Å². The van der Waals surface area contributed by atoms with E-state index in [1.807, 2.05) is 21.9 Å². The predicted octanol–water partition coefficient (Wildman–Crippen LogP) is 1.62. The molecule has 0 spiro atoms. The number of hydrogen-bond donors (Lipinski definition) is 0. The normalized spacial score (nSPS) is 22.9. The van der Waals surface area contributed by atoms with Crippen LogP contribution in [0.2, 0.25) is 0 Å². The van der Waals surface area contributed by atoms with Crippen molar-refractivity contribution in [2.45, 2.75) is 38.3 Å². The fourth-order valence-corrected chi connectivity index (χ4v) is 4.58. The van der Waals surface area contributed by atoms with Crippen molar-refractivity contribution >= 4 is 11.8 Å². The third-order valence-electron chi connectivity index (χ3n) is 6.17. The second-order valence-corrected chi connectivity index (χ2v) is 7.78. The second-order valence-electron chi connectivity index (χ2n) is 7.78. The molecule has 3 aliphatic rings. The molecule has 1 aromatic carbocycles. The number of amides is 2. The highest BCUT2D eigenvalue weighted by atomic mass is 16.5. The summed E-state index contributed by atoms with van der Waals surface area (Å²) in [5.41, 5.74) is 2.27. The van der Waals surface area contributed by atoms with Crippen molar-refractivity contribution in [2.24, 2.45) is 5.92 Å². The third kappa shape index (κ3) is 3.55. The molecule has 7 nitrogen and oxygen atoms in total. The third-order valence-corrected chi connectivity index (χ3v) is 6.17. The maximum Gasteiger partial charge on any atom is 0.228 e. The van der Waals surface area contributed by atoms with Gasteiger partial charge in [0, 0.05) is 45.3 Å². The van der Waals surface area contributed by atoms with E-state index in [2.05, 4.69) is 0 Å². The number of rotatable bonds is 4. The van der Waals surface area contributed by atoms with Gasteiger partial charge in [0.1, 0.15) is 0 Å². The van der Waals surface area contributed by atoms with Crippen LogP contribution in [-0.4, -0.2) is 68.2 Å². The SMILES string of the molecule is COc1cc2c(cc1OC)CN(C(=O)C1CC(=O)N(C3CCOCC3)C1)CC2. The van der Waals surface area contributed by atoms with E-state index in [9.17, 15) is 9.59 Å². The van der Waals surface area contributed by atoms with Crippen molar-refractivity contribution in [3.63, 3.8) is 0 Å². The number of carbonyl (C=O) groups is 2. The maximum absolute atomic E-state index is 13.1. The van der Waals surface area contributed by atoms with E-state index < -0.39 is 0 Å². The first-order valence-corrected chi connectivity index (χ1v) is 10.0. The molecular weight excluding hydrogens is 360 g/mol. The van der Waals surface area contributed by atoms with Gasteiger partial charge in [-0.3, -0.25) is 9.59 Å². The summed E-state index contributed by atoms with van der Waals surface area (Å²) in [5, 5.41) is 0. The molecule has 0 bridgehead atoms. The van der Waals surface area contributed by atoms with E-state index >= 15 is 0 Å². The Morgan fingerprint density at radius 1 is 1.11 bits per heavy atom. The van der Waals surface area contributed by atoms with Gasteiger partial charge in [0.05, 0.1) is 20.1 Å². The number of nitrogens with zero attached hydrogens (tertiary/aromatic N) is 2. The van der Waals surface area contributed by atoms with E-state index in [0.29, 0.717) is 45.0 Å². The molecule has 0 aliphatic carbocycles. The van der Waals surface area contributed by atoms with Crippen molar-refractivity contribution in [3.8, 4) is 11.5 Å². The summed E-state index contributed by atoms with van der Waals surface area (Å²) in [6, 6.07) is 4.18. The molecule has 4 rings (SSSR count). The molecule has 28 heavy (non-hydrogen) atoms. The Bertz CT molecular complexity index is 759. The monoisotopic (exact) mass is 388 g/mol. The van der Waals surface area contributed by atoms with Crippen LogP contribution in [0.3, 0.4) is 0 Å². The van der Waals surface area contributed by atoms with Gasteiger partial charge in [-0.15, -0.1) is 0 Å². The zero-order valence-corrected chi connectivity index (χ0v) is 16.6. The number of likely N-dealkylation sites (tertiary alicyclic amines) is 1. The van der Waals surface area contributed by atoms with Crippen LogP contribution in [0.1, 0.15) is 30.4 Å². The van der Waals surface area contributed by atoms with Gasteiger partial charge in [0.15, 0.2) is 11.5 Å². The maximum atomic E-state index is 13.1. The number of carbonyl (C=O) groups excluding carboxylic acids is 2. The Balaban J connectivity index is 1.44. The summed E-state index contributed by atoms with van der Waals surface area (Å²) in [6.07, 6.45) is 2.84. The molecule has 2 fully saturated rings. The van der Waals surface area contributed by atoms with Gasteiger partial charge in [-0.25, -0.2) is 0 Å². The predicted molar refractivity (Wildman–Crippen MR) is 102 cm³/mol. The van der Waals surface area contributed by atoms with E-state index in [4.69, 9.17) is 14.2 Å². The summed E-state index contributed by atoms with van der Waals surface area (Å²) in [7, 11) is 3.25. The molecule has 0 N–H and O–H groups in total. The highest BCUT2D eigenvalue weighted by molar-refractivity contribution is 5.89.